The summed E-state index contributed by atoms with van der Waals surface area (Å²) in [5.41, 5.74) is 1.38. The first-order chi connectivity index (χ1) is 8.74. The molecule has 2 aromatic rings. The zero-order chi connectivity index (χ0) is 13.0. The van der Waals surface area contributed by atoms with Crippen molar-refractivity contribution in [2.75, 3.05) is 6.61 Å². The molecule has 0 aliphatic rings. The molecular formula is C13H13FN2O2. The van der Waals surface area contributed by atoms with E-state index < -0.39 is 5.82 Å². The van der Waals surface area contributed by atoms with E-state index in [1.807, 2.05) is 6.92 Å². The molecule has 0 aliphatic carbocycles. The summed E-state index contributed by atoms with van der Waals surface area (Å²) in [6.45, 7) is 2.02. The van der Waals surface area contributed by atoms with Crippen LogP contribution in [0.15, 0.2) is 30.6 Å². The molecule has 0 amide bonds. The standard InChI is InChI=1S/C13H13FN2O2/c1-2-18-13-7-15-6-12(16-13)9-3-4-10(8-17)11(14)5-9/h3-7,17H,2,8H2,1H3. The predicted molar refractivity (Wildman–Crippen MR) is 64.5 cm³/mol. The SMILES string of the molecule is CCOc1cncc(-c2ccc(CO)c(F)c2)n1. The summed E-state index contributed by atoms with van der Waals surface area (Å²) < 4.78 is 18.8. The Kier molecular flexibility index (Phi) is 3.84. The monoisotopic (exact) mass is 248 g/mol. The van der Waals surface area contributed by atoms with Crippen molar-refractivity contribution < 1.29 is 14.2 Å². The van der Waals surface area contributed by atoms with Gasteiger partial charge in [-0.05, 0) is 13.0 Å². The highest BCUT2D eigenvalue weighted by atomic mass is 19.1. The second kappa shape index (κ2) is 5.55. The lowest BCUT2D eigenvalue weighted by atomic mass is 10.1. The lowest BCUT2D eigenvalue weighted by Gasteiger charge is -2.06. The molecule has 2 rings (SSSR count). The molecule has 0 atom stereocenters. The van der Waals surface area contributed by atoms with Crippen LogP contribution in [0.4, 0.5) is 4.39 Å². The normalized spacial score (nSPS) is 10.4. The fraction of sp³-hybridized carbons (Fsp3) is 0.231. The van der Waals surface area contributed by atoms with Gasteiger partial charge in [0.1, 0.15) is 5.82 Å². The molecule has 0 unspecified atom stereocenters. The Labute approximate surface area is 104 Å². The molecule has 0 spiro atoms. The topological polar surface area (TPSA) is 55.2 Å². The van der Waals surface area contributed by atoms with Gasteiger partial charge in [-0.25, -0.2) is 9.37 Å². The van der Waals surface area contributed by atoms with Crippen LogP contribution in [0.3, 0.4) is 0 Å². The molecule has 0 fully saturated rings. The Balaban J connectivity index is 2.36. The Hall–Kier alpha value is -2.01. The fourth-order valence-corrected chi connectivity index (χ4v) is 1.54. The van der Waals surface area contributed by atoms with Gasteiger partial charge in [-0.2, -0.15) is 0 Å². The molecule has 94 valence electrons. The van der Waals surface area contributed by atoms with Crippen molar-refractivity contribution in [3.05, 3.63) is 42.0 Å². The average molecular weight is 248 g/mol. The summed E-state index contributed by atoms with van der Waals surface area (Å²) in [4.78, 5) is 8.21. The van der Waals surface area contributed by atoms with Crippen molar-refractivity contribution >= 4 is 0 Å². The van der Waals surface area contributed by atoms with E-state index in [9.17, 15) is 4.39 Å². The lowest BCUT2D eigenvalue weighted by Crippen LogP contribution is -1.97. The molecule has 5 heteroatoms. The van der Waals surface area contributed by atoms with E-state index in [0.717, 1.165) is 0 Å². The summed E-state index contributed by atoms with van der Waals surface area (Å²) in [6, 6.07) is 4.54. The van der Waals surface area contributed by atoms with Crippen molar-refractivity contribution in [3.63, 3.8) is 0 Å². The van der Waals surface area contributed by atoms with Crippen molar-refractivity contribution in [2.45, 2.75) is 13.5 Å². The van der Waals surface area contributed by atoms with E-state index in [0.29, 0.717) is 23.7 Å². The Morgan fingerprint density at radius 3 is 2.83 bits per heavy atom. The van der Waals surface area contributed by atoms with E-state index in [-0.39, 0.29) is 12.2 Å². The van der Waals surface area contributed by atoms with Gasteiger partial charge in [0.25, 0.3) is 0 Å². The highest BCUT2D eigenvalue weighted by Gasteiger charge is 2.07. The van der Waals surface area contributed by atoms with Gasteiger partial charge in [0.05, 0.1) is 31.3 Å². The number of aliphatic hydroxyl groups excluding tert-OH is 1. The fourth-order valence-electron chi connectivity index (χ4n) is 1.54. The Bertz CT molecular complexity index is 546. The van der Waals surface area contributed by atoms with Crippen LogP contribution in [0.2, 0.25) is 0 Å². The predicted octanol–water partition coefficient (Wildman–Crippen LogP) is 2.17. The molecule has 0 saturated carbocycles. The molecule has 0 aliphatic heterocycles. The largest absolute Gasteiger partial charge is 0.477 e. The van der Waals surface area contributed by atoms with Crippen LogP contribution < -0.4 is 4.74 Å². The first kappa shape index (κ1) is 12.4. The van der Waals surface area contributed by atoms with Gasteiger partial charge in [-0.3, -0.25) is 4.98 Å². The van der Waals surface area contributed by atoms with Crippen LogP contribution in [0.1, 0.15) is 12.5 Å². The first-order valence-electron chi connectivity index (χ1n) is 5.59. The molecule has 1 heterocycles. The molecule has 0 radical (unpaired) electrons. The molecule has 4 nitrogen and oxygen atoms in total. The van der Waals surface area contributed by atoms with Crippen LogP contribution in [0, 0.1) is 5.82 Å². The lowest BCUT2D eigenvalue weighted by molar-refractivity contribution is 0.276. The summed E-state index contributed by atoms with van der Waals surface area (Å²) in [5.74, 6) is -0.0553. The van der Waals surface area contributed by atoms with Crippen LogP contribution in [0.25, 0.3) is 11.3 Å². The van der Waals surface area contributed by atoms with Gasteiger partial charge in [-0.1, -0.05) is 12.1 Å². The highest BCUT2D eigenvalue weighted by Crippen LogP contribution is 2.21. The molecule has 1 N–H and O–H groups in total. The smallest absolute Gasteiger partial charge is 0.232 e. The number of rotatable bonds is 4. The summed E-state index contributed by atoms with van der Waals surface area (Å²) in [6.07, 6.45) is 3.04. The van der Waals surface area contributed by atoms with Crippen molar-refractivity contribution in [1.29, 1.82) is 0 Å². The molecule has 1 aromatic carbocycles. The Morgan fingerprint density at radius 1 is 1.33 bits per heavy atom. The Morgan fingerprint density at radius 2 is 2.17 bits per heavy atom. The van der Waals surface area contributed by atoms with Gasteiger partial charge >= 0.3 is 0 Å². The third kappa shape index (κ3) is 2.62. The minimum absolute atomic E-state index is 0.257. The first-order valence-corrected chi connectivity index (χ1v) is 5.59. The number of aliphatic hydroxyl groups is 1. The number of hydrogen-bond acceptors (Lipinski definition) is 4. The maximum Gasteiger partial charge on any atom is 0.232 e. The third-order valence-electron chi connectivity index (χ3n) is 2.42. The van der Waals surface area contributed by atoms with Crippen LogP contribution in [0.5, 0.6) is 5.88 Å². The molecular weight excluding hydrogens is 235 g/mol. The third-order valence-corrected chi connectivity index (χ3v) is 2.42. The van der Waals surface area contributed by atoms with Gasteiger partial charge in [0.15, 0.2) is 0 Å². The van der Waals surface area contributed by atoms with E-state index in [1.165, 1.54) is 24.5 Å². The highest BCUT2D eigenvalue weighted by molar-refractivity contribution is 5.59. The van der Waals surface area contributed by atoms with Crippen LogP contribution >= 0.6 is 0 Å². The molecule has 1 aromatic heterocycles. The molecule has 0 bridgehead atoms. The van der Waals surface area contributed by atoms with Gasteiger partial charge in [0, 0.05) is 11.1 Å². The summed E-state index contributed by atoms with van der Waals surface area (Å²) >= 11 is 0. The van der Waals surface area contributed by atoms with Crippen molar-refractivity contribution in [2.24, 2.45) is 0 Å². The second-order valence-corrected chi connectivity index (χ2v) is 3.64. The second-order valence-electron chi connectivity index (χ2n) is 3.64. The average Bonchev–Trinajstić information content (AvgIpc) is 2.39. The van der Waals surface area contributed by atoms with Crippen molar-refractivity contribution in [3.8, 4) is 17.1 Å². The zero-order valence-electron chi connectivity index (χ0n) is 9.93. The van der Waals surface area contributed by atoms with E-state index in [4.69, 9.17) is 9.84 Å². The van der Waals surface area contributed by atoms with Gasteiger partial charge < -0.3 is 9.84 Å². The van der Waals surface area contributed by atoms with Gasteiger partial charge in [0.2, 0.25) is 5.88 Å². The number of hydrogen-bond donors (Lipinski definition) is 1. The molecule has 18 heavy (non-hydrogen) atoms. The number of ether oxygens (including phenoxy) is 1. The van der Waals surface area contributed by atoms with Gasteiger partial charge in [-0.15, -0.1) is 0 Å². The maximum atomic E-state index is 13.5. The number of halogens is 1. The number of nitrogens with zero attached hydrogens (tertiary/aromatic N) is 2. The van der Waals surface area contributed by atoms with Crippen LogP contribution in [-0.4, -0.2) is 21.7 Å². The minimum atomic E-state index is -0.460. The van der Waals surface area contributed by atoms with E-state index >= 15 is 0 Å². The summed E-state index contributed by atoms with van der Waals surface area (Å²) in [7, 11) is 0. The van der Waals surface area contributed by atoms with Crippen LogP contribution in [-0.2, 0) is 6.61 Å². The zero-order valence-corrected chi connectivity index (χ0v) is 9.93. The number of benzene rings is 1. The van der Waals surface area contributed by atoms with E-state index in [1.54, 1.807) is 6.07 Å². The maximum absolute atomic E-state index is 13.5. The quantitative estimate of drug-likeness (QED) is 0.901. The summed E-state index contributed by atoms with van der Waals surface area (Å²) in [5, 5.41) is 8.91. The number of aromatic nitrogens is 2. The van der Waals surface area contributed by atoms with E-state index in [2.05, 4.69) is 9.97 Å². The molecule has 0 saturated heterocycles. The minimum Gasteiger partial charge on any atom is -0.477 e. The van der Waals surface area contributed by atoms with Crippen molar-refractivity contribution in [1.82, 2.24) is 9.97 Å².